The van der Waals surface area contributed by atoms with Crippen LogP contribution in [0.5, 0.6) is 0 Å². The van der Waals surface area contributed by atoms with E-state index in [-0.39, 0.29) is 5.91 Å². The predicted molar refractivity (Wildman–Crippen MR) is 80.9 cm³/mol. The molecule has 0 saturated carbocycles. The Morgan fingerprint density at radius 1 is 1.24 bits per heavy atom. The first kappa shape index (κ1) is 14.5. The molecule has 0 saturated heterocycles. The second-order valence-corrected chi connectivity index (χ2v) is 5.31. The van der Waals surface area contributed by atoms with Gasteiger partial charge >= 0.3 is 0 Å². The van der Waals surface area contributed by atoms with Crippen LogP contribution in [0, 0.1) is 6.92 Å². The Hall–Kier alpha value is -0.580. The van der Waals surface area contributed by atoms with Crippen molar-refractivity contribution in [1.82, 2.24) is 5.32 Å². The zero-order chi connectivity index (χ0) is 12.5. The van der Waals surface area contributed by atoms with Crippen molar-refractivity contribution < 1.29 is 4.79 Å². The van der Waals surface area contributed by atoms with Crippen molar-refractivity contribution in [2.75, 3.05) is 11.0 Å². The molecular formula is C14H20INO. The molecule has 1 rings (SSSR count). The summed E-state index contributed by atoms with van der Waals surface area (Å²) >= 11 is 2.40. The van der Waals surface area contributed by atoms with Gasteiger partial charge in [-0.05, 0) is 36.3 Å². The van der Waals surface area contributed by atoms with Gasteiger partial charge in [-0.2, -0.15) is 0 Å². The average molecular weight is 345 g/mol. The minimum atomic E-state index is 0.0441. The average Bonchev–Trinajstić information content (AvgIpc) is 2.33. The second kappa shape index (κ2) is 8.50. The second-order valence-electron chi connectivity index (χ2n) is 4.23. The monoisotopic (exact) mass is 345 g/mol. The lowest BCUT2D eigenvalue weighted by atomic mass is 10.1. The summed E-state index contributed by atoms with van der Waals surface area (Å²) in [4.78, 5) is 11.8. The summed E-state index contributed by atoms with van der Waals surface area (Å²) in [6.45, 7) is 2.79. The van der Waals surface area contributed by atoms with E-state index in [4.69, 9.17) is 0 Å². The van der Waals surface area contributed by atoms with Crippen molar-refractivity contribution >= 4 is 28.5 Å². The van der Waals surface area contributed by atoms with Gasteiger partial charge in [-0.3, -0.25) is 4.79 Å². The molecule has 1 aromatic carbocycles. The summed E-state index contributed by atoms with van der Waals surface area (Å²) in [5, 5.41) is 2.96. The quantitative estimate of drug-likeness (QED) is 0.456. The van der Waals surface area contributed by atoms with E-state index in [9.17, 15) is 4.79 Å². The first-order valence-corrected chi connectivity index (χ1v) is 7.67. The van der Waals surface area contributed by atoms with Crippen molar-refractivity contribution in [3.63, 3.8) is 0 Å². The minimum absolute atomic E-state index is 0.0441. The van der Waals surface area contributed by atoms with Gasteiger partial charge < -0.3 is 5.32 Å². The van der Waals surface area contributed by atoms with Crippen molar-refractivity contribution in [3.8, 4) is 0 Å². The normalized spacial score (nSPS) is 10.2. The maximum Gasteiger partial charge on any atom is 0.251 e. The number of aryl methyl sites for hydroxylation is 1. The number of nitrogens with one attached hydrogen (secondary N) is 1. The topological polar surface area (TPSA) is 29.1 Å². The van der Waals surface area contributed by atoms with Gasteiger partial charge in [-0.25, -0.2) is 0 Å². The van der Waals surface area contributed by atoms with Gasteiger partial charge in [0.25, 0.3) is 5.91 Å². The van der Waals surface area contributed by atoms with Crippen LogP contribution >= 0.6 is 22.6 Å². The van der Waals surface area contributed by atoms with Gasteiger partial charge in [0.05, 0.1) is 0 Å². The third kappa shape index (κ3) is 6.05. The van der Waals surface area contributed by atoms with Gasteiger partial charge in [-0.15, -0.1) is 0 Å². The van der Waals surface area contributed by atoms with Gasteiger partial charge in [0, 0.05) is 12.1 Å². The maximum absolute atomic E-state index is 11.8. The van der Waals surface area contributed by atoms with Crippen LogP contribution in [-0.4, -0.2) is 16.9 Å². The number of alkyl halides is 1. The molecule has 0 fully saturated rings. The van der Waals surface area contributed by atoms with Gasteiger partial charge in [0.1, 0.15) is 0 Å². The number of benzene rings is 1. The molecule has 3 heteroatoms. The SMILES string of the molecule is Cc1cccc(C(=O)NCCCCCCI)c1. The van der Waals surface area contributed by atoms with Crippen LogP contribution in [0.3, 0.4) is 0 Å². The fourth-order valence-electron chi connectivity index (χ4n) is 1.66. The first-order chi connectivity index (χ1) is 8.24. The summed E-state index contributed by atoms with van der Waals surface area (Å²) < 4.78 is 1.23. The highest BCUT2D eigenvalue weighted by Crippen LogP contribution is 2.04. The molecule has 0 unspecified atom stereocenters. The van der Waals surface area contributed by atoms with Crippen molar-refractivity contribution in [3.05, 3.63) is 35.4 Å². The van der Waals surface area contributed by atoms with Crippen LogP contribution in [0.1, 0.15) is 41.6 Å². The number of amides is 1. The number of unbranched alkanes of at least 4 members (excludes halogenated alkanes) is 3. The largest absolute Gasteiger partial charge is 0.352 e. The van der Waals surface area contributed by atoms with Gasteiger partial charge in [0.2, 0.25) is 0 Å². The molecule has 1 aromatic rings. The maximum atomic E-state index is 11.8. The van der Waals surface area contributed by atoms with E-state index in [1.165, 1.54) is 23.7 Å². The molecule has 0 atom stereocenters. The van der Waals surface area contributed by atoms with Crippen LogP contribution < -0.4 is 5.32 Å². The number of rotatable bonds is 7. The summed E-state index contributed by atoms with van der Waals surface area (Å²) in [5.41, 5.74) is 1.89. The Morgan fingerprint density at radius 2 is 2.00 bits per heavy atom. The van der Waals surface area contributed by atoms with Crippen LogP contribution in [0.25, 0.3) is 0 Å². The molecule has 0 aliphatic heterocycles. The number of hydrogen-bond donors (Lipinski definition) is 1. The van der Waals surface area contributed by atoms with Crippen LogP contribution in [0.4, 0.5) is 0 Å². The number of hydrogen-bond acceptors (Lipinski definition) is 1. The Bertz CT molecular complexity index is 352. The molecule has 0 heterocycles. The molecule has 0 bridgehead atoms. The van der Waals surface area contributed by atoms with Gasteiger partial charge in [-0.1, -0.05) is 53.1 Å². The zero-order valence-electron chi connectivity index (χ0n) is 10.3. The molecule has 0 aliphatic carbocycles. The van der Waals surface area contributed by atoms with Crippen LogP contribution in [0.2, 0.25) is 0 Å². The molecule has 1 N–H and O–H groups in total. The zero-order valence-corrected chi connectivity index (χ0v) is 12.5. The van der Waals surface area contributed by atoms with E-state index in [0.29, 0.717) is 0 Å². The lowest BCUT2D eigenvalue weighted by Crippen LogP contribution is -2.24. The Balaban J connectivity index is 2.21. The van der Waals surface area contributed by atoms with E-state index in [1.807, 2.05) is 31.2 Å². The summed E-state index contributed by atoms with van der Waals surface area (Å²) in [6, 6.07) is 7.70. The predicted octanol–water partition coefficient (Wildman–Crippen LogP) is 3.72. The molecule has 0 spiro atoms. The van der Waals surface area contributed by atoms with Crippen LogP contribution in [0.15, 0.2) is 24.3 Å². The number of halogens is 1. The highest BCUT2D eigenvalue weighted by Gasteiger charge is 2.03. The minimum Gasteiger partial charge on any atom is -0.352 e. The lowest BCUT2D eigenvalue weighted by molar-refractivity contribution is 0.0953. The molecule has 1 amide bonds. The van der Waals surface area contributed by atoms with E-state index in [0.717, 1.165) is 24.1 Å². The number of carbonyl (C=O) groups excluding carboxylic acids is 1. The Morgan fingerprint density at radius 3 is 2.71 bits per heavy atom. The fourth-order valence-corrected chi connectivity index (χ4v) is 2.20. The van der Waals surface area contributed by atoms with E-state index < -0.39 is 0 Å². The third-order valence-corrected chi connectivity index (χ3v) is 3.39. The van der Waals surface area contributed by atoms with Crippen LogP contribution in [-0.2, 0) is 0 Å². The summed E-state index contributed by atoms with van der Waals surface area (Å²) in [5.74, 6) is 0.0441. The fraction of sp³-hybridized carbons (Fsp3) is 0.500. The van der Waals surface area contributed by atoms with Gasteiger partial charge in [0.15, 0.2) is 0 Å². The summed E-state index contributed by atoms with van der Waals surface area (Å²) in [7, 11) is 0. The van der Waals surface area contributed by atoms with Crippen molar-refractivity contribution in [2.45, 2.75) is 32.6 Å². The van der Waals surface area contributed by atoms with Crippen molar-refractivity contribution in [1.29, 1.82) is 0 Å². The first-order valence-electron chi connectivity index (χ1n) is 6.15. The Labute approximate surface area is 117 Å². The highest BCUT2D eigenvalue weighted by molar-refractivity contribution is 14.1. The van der Waals surface area contributed by atoms with E-state index in [1.54, 1.807) is 0 Å². The summed E-state index contributed by atoms with van der Waals surface area (Å²) in [6.07, 6.45) is 4.83. The smallest absolute Gasteiger partial charge is 0.251 e. The molecule has 0 aliphatic rings. The standard InChI is InChI=1S/C14H20INO/c1-12-7-6-8-13(11-12)14(17)16-10-5-3-2-4-9-15/h6-8,11H,2-5,9-10H2,1H3,(H,16,17). The molecule has 2 nitrogen and oxygen atoms in total. The third-order valence-electron chi connectivity index (χ3n) is 2.63. The molecule has 0 radical (unpaired) electrons. The molecule has 17 heavy (non-hydrogen) atoms. The van der Waals surface area contributed by atoms with E-state index >= 15 is 0 Å². The van der Waals surface area contributed by atoms with E-state index in [2.05, 4.69) is 27.9 Å². The van der Waals surface area contributed by atoms with Crippen molar-refractivity contribution in [2.24, 2.45) is 0 Å². The molecule has 94 valence electrons. The number of carbonyl (C=O) groups is 1. The highest BCUT2D eigenvalue weighted by atomic mass is 127. The molecular weight excluding hydrogens is 325 g/mol. The Kier molecular flexibility index (Phi) is 7.24. The lowest BCUT2D eigenvalue weighted by Gasteiger charge is -2.05. The molecule has 0 aromatic heterocycles.